The first kappa shape index (κ1) is 10.9. The van der Waals surface area contributed by atoms with Crippen LogP contribution in [0.4, 0.5) is 4.39 Å². The molecule has 4 nitrogen and oxygen atoms in total. The summed E-state index contributed by atoms with van der Waals surface area (Å²) in [5, 5.41) is 0. The Balaban J connectivity index is 2.85. The van der Waals surface area contributed by atoms with Gasteiger partial charge in [-0.1, -0.05) is 0 Å². The highest BCUT2D eigenvalue weighted by Crippen LogP contribution is 1.97. The van der Waals surface area contributed by atoms with Crippen molar-refractivity contribution in [3.8, 4) is 0 Å². The molecule has 0 unspecified atom stereocenters. The van der Waals surface area contributed by atoms with E-state index in [0.29, 0.717) is 0 Å². The van der Waals surface area contributed by atoms with Gasteiger partial charge in [0.15, 0.2) is 6.29 Å². The maximum Gasteiger partial charge on any atom is 0.250 e. The van der Waals surface area contributed by atoms with Gasteiger partial charge in [0, 0.05) is 26.5 Å². The van der Waals surface area contributed by atoms with Crippen molar-refractivity contribution in [2.75, 3.05) is 14.2 Å². The van der Waals surface area contributed by atoms with E-state index in [2.05, 4.69) is 0 Å². The van der Waals surface area contributed by atoms with Crippen LogP contribution in [0.5, 0.6) is 0 Å². The van der Waals surface area contributed by atoms with E-state index in [4.69, 9.17) is 9.47 Å². The lowest BCUT2D eigenvalue weighted by molar-refractivity contribution is -0.111. The van der Waals surface area contributed by atoms with E-state index >= 15 is 0 Å². The molecule has 0 aliphatic heterocycles. The smallest absolute Gasteiger partial charge is 0.250 e. The van der Waals surface area contributed by atoms with Crippen LogP contribution in [0, 0.1) is 5.82 Å². The number of hydrogen-bond donors (Lipinski definition) is 0. The zero-order valence-corrected chi connectivity index (χ0v) is 8.07. The van der Waals surface area contributed by atoms with Crippen molar-refractivity contribution in [3.05, 3.63) is 34.5 Å². The molecule has 0 saturated carbocycles. The van der Waals surface area contributed by atoms with Crippen molar-refractivity contribution < 1.29 is 13.9 Å². The van der Waals surface area contributed by atoms with Gasteiger partial charge < -0.3 is 14.0 Å². The molecule has 1 rings (SSSR count). The fourth-order valence-electron chi connectivity index (χ4n) is 1.05. The topological polar surface area (TPSA) is 40.5 Å². The number of halogens is 1. The van der Waals surface area contributed by atoms with Gasteiger partial charge in [0.1, 0.15) is 5.82 Å². The molecule has 0 N–H and O–H groups in total. The maximum absolute atomic E-state index is 12.8. The molecule has 5 heteroatoms. The van der Waals surface area contributed by atoms with Gasteiger partial charge in [0.2, 0.25) is 0 Å². The Morgan fingerprint density at radius 3 is 2.64 bits per heavy atom. The molecule has 0 radical (unpaired) electrons. The lowest BCUT2D eigenvalue weighted by atomic mass is 10.4. The van der Waals surface area contributed by atoms with Gasteiger partial charge in [-0.3, -0.25) is 4.79 Å². The Hall–Kier alpha value is -1.20. The summed E-state index contributed by atoms with van der Waals surface area (Å²) >= 11 is 0. The second-order valence-electron chi connectivity index (χ2n) is 2.74. The number of methoxy groups -OCH3 is 2. The molecule has 14 heavy (non-hydrogen) atoms. The number of pyridine rings is 1. The summed E-state index contributed by atoms with van der Waals surface area (Å²) < 4.78 is 23.8. The molecule has 0 aromatic carbocycles. The SMILES string of the molecule is COC(Cn1cc(F)ccc1=O)OC. The van der Waals surface area contributed by atoms with Crippen molar-refractivity contribution in [2.24, 2.45) is 0 Å². The minimum Gasteiger partial charge on any atom is -0.354 e. The molecular formula is C9H12FNO3. The number of rotatable bonds is 4. The summed E-state index contributed by atoms with van der Waals surface area (Å²) in [4.78, 5) is 11.2. The van der Waals surface area contributed by atoms with Crippen LogP contribution >= 0.6 is 0 Å². The summed E-state index contributed by atoms with van der Waals surface area (Å²) in [6, 6.07) is 2.28. The van der Waals surface area contributed by atoms with E-state index in [1.54, 1.807) is 0 Å². The minimum absolute atomic E-state index is 0.170. The molecule has 0 atom stereocenters. The molecule has 0 aliphatic carbocycles. The monoisotopic (exact) mass is 201 g/mol. The minimum atomic E-state index is -0.547. The van der Waals surface area contributed by atoms with E-state index in [1.807, 2.05) is 0 Å². The summed E-state index contributed by atoms with van der Waals surface area (Å²) in [7, 11) is 2.91. The average Bonchev–Trinajstić information content (AvgIpc) is 2.19. The number of ether oxygens (including phenoxy) is 2. The van der Waals surface area contributed by atoms with Crippen LogP contribution in [0.25, 0.3) is 0 Å². The molecule has 1 aromatic rings. The molecule has 0 fully saturated rings. The fourth-order valence-corrected chi connectivity index (χ4v) is 1.05. The van der Waals surface area contributed by atoms with E-state index in [9.17, 15) is 9.18 Å². The molecule has 1 aromatic heterocycles. The van der Waals surface area contributed by atoms with E-state index in [1.165, 1.54) is 18.8 Å². The van der Waals surface area contributed by atoms with Gasteiger partial charge in [-0.2, -0.15) is 0 Å². The Kier molecular flexibility index (Phi) is 3.79. The van der Waals surface area contributed by atoms with E-state index in [-0.39, 0.29) is 12.1 Å². The predicted molar refractivity (Wildman–Crippen MR) is 48.5 cm³/mol. The zero-order valence-electron chi connectivity index (χ0n) is 8.07. The lowest BCUT2D eigenvalue weighted by Gasteiger charge is -2.14. The summed E-state index contributed by atoms with van der Waals surface area (Å²) in [6.07, 6.45) is 0.572. The molecule has 1 heterocycles. The largest absolute Gasteiger partial charge is 0.354 e. The van der Waals surface area contributed by atoms with Crippen molar-refractivity contribution >= 4 is 0 Å². The third kappa shape index (κ3) is 2.65. The van der Waals surface area contributed by atoms with Crippen molar-refractivity contribution in [3.63, 3.8) is 0 Å². The average molecular weight is 201 g/mol. The van der Waals surface area contributed by atoms with Crippen LogP contribution in [0.15, 0.2) is 23.1 Å². The quantitative estimate of drug-likeness (QED) is 0.670. The van der Waals surface area contributed by atoms with Crippen LogP contribution in [-0.2, 0) is 16.0 Å². The number of nitrogens with zero attached hydrogens (tertiary/aromatic N) is 1. The first-order valence-electron chi connectivity index (χ1n) is 4.09. The standard InChI is InChI=1S/C9H12FNO3/c1-13-9(14-2)6-11-5-7(10)3-4-8(11)12/h3-5,9H,6H2,1-2H3. The van der Waals surface area contributed by atoms with Crippen LogP contribution in [0.3, 0.4) is 0 Å². The summed E-state index contributed by atoms with van der Waals surface area (Å²) in [5.74, 6) is -0.462. The number of aromatic nitrogens is 1. The molecule has 0 spiro atoms. The molecular weight excluding hydrogens is 189 g/mol. The molecule has 0 aliphatic rings. The van der Waals surface area contributed by atoms with Crippen molar-refractivity contribution in [1.82, 2.24) is 4.57 Å². The van der Waals surface area contributed by atoms with Crippen LogP contribution in [-0.4, -0.2) is 25.1 Å². The Labute approximate surface area is 80.9 Å². The second-order valence-corrected chi connectivity index (χ2v) is 2.74. The maximum atomic E-state index is 12.8. The molecule has 0 amide bonds. The lowest BCUT2D eigenvalue weighted by Crippen LogP contribution is -2.28. The Bertz CT molecular complexity index is 346. The molecule has 0 bridgehead atoms. The fraction of sp³-hybridized carbons (Fsp3) is 0.444. The third-order valence-corrected chi connectivity index (χ3v) is 1.82. The van der Waals surface area contributed by atoms with Crippen LogP contribution < -0.4 is 5.56 Å². The van der Waals surface area contributed by atoms with E-state index < -0.39 is 12.1 Å². The first-order valence-corrected chi connectivity index (χ1v) is 4.09. The third-order valence-electron chi connectivity index (χ3n) is 1.82. The highest BCUT2D eigenvalue weighted by Gasteiger charge is 2.07. The summed E-state index contributed by atoms with van der Waals surface area (Å²) in [5.41, 5.74) is -0.287. The zero-order chi connectivity index (χ0) is 10.6. The van der Waals surface area contributed by atoms with Gasteiger partial charge in [-0.25, -0.2) is 4.39 Å². The highest BCUT2D eigenvalue weighted by molar-refractivity contribution is 4.96. The van der Waals surface area contributed by atoms with Crippen molar-refractivity contribution in [2.45, 2.75) is 12.8 Å². The van der Waals surface area contributed by atoms with Crippen LogP contribution in [0.2, 0.25) is 0 Å². The first-order chi connectivity index (χ1) is 6.67. The molecule has 78 valence electrons. The van der Waals surface area contributed by atoms with Gasteiger partial charge in [0.25, 0.3) is 5.56 Å². The van der Waals surface area contributed by atoms with Gasteiger partial charge in [0.05, 0.1) is 6.54 Å². The normalized spacial score (nSPS) is 10.9. The predicted octanol–water partition coefficient (Wildman–Crippen LogP) is 0.606. The van der Waals surface area contributed by atoms with Gasteiger partial charge in [-0.15, -0.1) is 0 Å². The molecule has 0 saturated heterocycles. The number of hydrogen-bond acceptors (Lipinski definition) is 3. The highest BCUT2D eigenvalue weighted by atomic mass is 19.1. The van der Waals surface area contributed by atoms with E-state index in [0.717, 1.165) is 18.3 Å². The Morgan fingerprint density at radius 1 is 1.43 bits per heavy atom. The second kappa shape index (κ2) is 4.88. The van der Waals surface area contributed by atoms with Crippen molar-refractivity contribution in [1.29, 1.82) is 0 Å². The van der Waals surface area contributed by atoms with Gasteiger partial charge in [-0.05, 0) is 6.07 Å². The Morgan fingerprint density at radius 2 is 2.07 bits per heavy atom. The summed E-state index contributed by atoms with van der Waals surface area (Å²) in [6.45, 7) is 0.170. The van der Waals surface area contributed by atoms with Gasteiger partial charge >= 0.3 is 0 Å². The van der Waals surface area contributed by atoms with Crippen LogP contribution in [0.1, 0.15) is 0 Å².